The number of aromatic amines is 1. The highest BCUT2D eigenvalue weighted by Crippen LogP contribution is 2.28. The number of phenols is 1. The highest BCUT2D eigenvalue weighted by Gasteiger charge is 2.08. The number of para-hydroxylation sites is 1. The SMILES string of the molecule is C=C(NC=O)c1c[nH]c2c(O)cccc12. The van der Waals surface area contributed by atoms with E-state index in [-0.39, 0.29) is 5.75 Å². The predicted octanol–water partition coefficient (Wildman–Crippen LogP) is 1.59. The summed E-state index contributed by atoms with van der Waals surface area (Å²) < 4.78 is 0. The molecule has 0 aliphatic rings. The molecule has 76 valence electrons. The van der Waals surface area contributed by atoms with Crippen LogP contribution in [0.4, 0.5) is 0 Å². The molecule has 4 nitrogen and oxygen atoms in total. The van der Waals surface area contributed by atoms with Gasteiger partial charge in [-0.1, -0.05) is 18.7 Å². The zero-order valence-corrected chi connectivity index (χ0v) is 7.95. The van der Waals surface area contributed by atoms with E-state index in [1.807, 2.05) is 6.07 Å². The van der Waals surface area contributed by atoms with Crippen molar-refractivity contribution >= 4 is 23.0 Å². The first-order chi connectivity index (χ1) is 7.24. The average Bonchev–Trinajstić information content (AvgIpc) is 2.63. The van der Waals surface area contributed by atoms with Crippen LogP contribution in [0.3, 0.4) is 0 Å². The van der Waals surface area contributed by atoms with Gasteiger partial charge in [0.1, 0.15) is 5.75 Å². The molecule has 1 aromatic carbocycles. The van der Waals surface area contributed by atoms with Gasteiger partial charge < -0.3 is 15.4 Å². The van der Waals surface area contributed by atoms with E-state index < -0.39 is 0 Å². The summed E-state index contributed by atoms with van der Waals surface area (Å²) in [6.45, 7) is 3.72. The Labute approximate surface area is 86.2 Å². The summed E-state index contributed by atoms with van der Waals surface area (Å²) in [6.07, 6.45) is 2.27. The zero-order chi connectivity index (χ0) is 10.8. The molecular formula is C11H10N2O2. The van der Waals surface area contributed by atoms with E-state index in [9.17, 15) is 9.90 Å². The van der Waals surface area contributed by atoms with Gasteiger partial charge >= 0.3 is 0 Å². The highest BCUT2D eigenvalue weighted by atomic mass is 16.3. The van der Waals surface area contributed by atoms with Crippen molar-refractivity contribution < 1.29 is 9.90 Å². The first-order valence-electron chi connectivity index (χ1n) is 4.42. The summed E-state index contributed by atoms with van der Waals surface area (Å²) in [4.78, 5) is 13.2. The van der Waals surface area contributed by atoms with E-state index in [1.165, 1.54) is 0 Å². The molecule has 1 aromatic heterocycles. The second-order valence-corrected chi connectivity index (χ2v) is 3.14. The summed E-state index contributed by atoms with van der Waals surface area (Å²) in [5, 5.41) is 12.9. The van der Waals surface area contributed by atoms with E-state index in [1.54, 1.807) is 18.3 Å². The molecule has 0 fully saturated rings. The molecule has 0 aliphatic carbocycles. The Balaban J connectivity index is 2.58. The van der Waals surface area contributed by atoms with Gasteiger partial charge in [-0.3, -0.25) is 4.79 Å². The van der Waals surface area contributed by atoms with Crippen LogP contribution in [-0.2, 0) is 4.79 Å². The van der Waals surface area contributed by atoms with Crippen LogP contribution in [0.25, 0.3) is 16.6 Å². The topological polar surface area (TPSA) is 65.1 Å². The van der Waals surface area contributed by atoms with Gasteiger partial charge in [-0.15, -0.1) is 0 Å². The number of carbonyl (C=O) groups excluding carboxylic acids is 1. The fraction of sp³-hybridized carbons (Fsp3) is 0. The molecule has 0 aliphatic heterocycles. The number of fused-ring (bicyclic) bond motifs is 1. The van der Waals surface area contributed by atoms with Gasteiger partial charge in [-0.2, -0.15) is 0 Å². The van der Waals surface area contributed by atoms with Crippen molar-refractivity contribution in [3.05, 3.63) is 36.5 Å². The zero-order valence-electron chi connectivity index (χ0n) is 7.95. The summed E-state index contributed by atoms with van der Waals surface area (Å²) in [5.41, 5.74) is 1.91. The lowest BCUT2D eigenvalue weighted by Crippen LogP contribution is -2.06. The fourth-order valence-corrected chi connectivity index (χ4v) is 1.54. The number of carbonyl (C=O) groups is 1. The number of aromatic nitrogens is 1. The van der Waals surface area contributed by atoms with E-state index >= 15 is 0 Å². The molecule has 0 saturated heterocycles. The minimum absolute atomic E-state index is 0.178. The van der Waals surface area contributed by atoms with Gasteiger partial charge in [0.05, 0.1) is 5.52 Å². The molecule has 2 rings (SSSR count). The maximum Gasteiger partial charge on any atom is 0.211 e. The van der Waals surface area contributed by atoms with Gasteiger partial charge in [0.15, 0.2) is 0 Å². The number of hydrogen-bond acceptors (Lipinski definition) is 2. The van der Waals surface area contributed by atoms with E-state index in [2.05, 4.69) is 16.9 Å². The smallest absolute Gasteiger partial charge is 0.211 e. The first-order valence-corrected chi connectivity index (χ1v) is 4.42. The number of amides is 1. The molecule has 0 radical (unpaired) electrons. The minimum Gasteiger partial charge on any atom is -0.506 e. The van der Waals surface area contributed by atoms with Gasteiger partial charge in [-0.05, 0) is 6.07 Å². The van der Waals surface area contributed by atoms with Gasteiger partial charge in [0.25, 0.3) is 0 Å². The summed E-state index contributed by atoms with van der Waals surface area (Å²) in [5.74, 6) is 0.178. The number of aromatic hydroxyl groups is 1. The third-order valence-corrected chi connectivity index (χ3v) is 2.25. The standard InChI is InChI=1S/C11H10N2O2/c1-7(13-6-14)9-5-12-11-8(9)3-2-4-10(11)15/h2-6,12,15H,1H2,(H,13,14). The summed E-state index contributed by atoms with van der Waals surface area (Å²) in [7, 11) is 0. The van der Waals surface area contributed by atoms with Crippen molar-refractivity contribution in [2.24, 2.45) is 0 Å². The second-order valence-electron chi connectivity index (χ2n) is 3.14. The Bertz CT molecular complexity index is 528. The lowest BCUT2D eigenvalue weighted by molar-refractivity contribution is -0.108. The first kappa shape index (κ1) is 9.33. The predicted molar refractivity (Wildman–Crippen MR) is 58.2 cm³/mol. The Morgan fingerprint density at radius 2 is 2.33 bits per heavy atom. The van der Waals surface area contributed by atoms with Crippen molar-refractivity contribution in [3.63, 3.8) is 0 Å². The lowest BCUT2D eigenvalue weighted by Gasteiger charge is -2.01. The molecule has 0 spiro atoms. The number of hydrogen-bond donors (Lipinski definition) is 3. The van der Waals surface area contributed by atoms with E-state index in [0.29, 0.717) is 17.6 Å². The molecule has 0 unspecified atom stereocenters. The number of rotatable bonds is 3. The Kier molecular flexibility index (Phi) is 2.17. The van der Waals surface area contributed by atoms with Gasteiger partial charge in [0.2, 0.25) is 6.41 Å². The third-order valence-electron chi connectivity index (χ3n) is 2.25. The van der Waals surface area contributed by atoms with Crippen molar-refractivity contribution in [2.45, 2.75) is 0 Å². The van der Waals surface area contributed by atoms with E-state index in [4.69, 9.17) is 0 Å². The summed E-state index contributed by atoms with van der Waals surface area (Å²) >= 11 is 0. The summed E-state index contributed by atoms with van der Waals surface area (Å²) in [6, 6.07) is 5.18. The number of H-pyrrole nitrogens is 1. The van der Waals surface area contributed by atoms with E-state index in [0.717, 1.165) is 10.9 Å². The van der Waals surface area contributed by atoms with Crippen molar-refractivity contribution in [1.29, 1.82) is 0 Å². The fourth-order valence-electron chi connectivity index (χ4n) is 1.54. The Hall–Kier alpha value is -2.23. The Morgan fingerprint density at radius 3 is 3.07 bits per heavy atom. The Morgan fingerprint density at radius 1 is 1.53 bits per heavy atom. The highest BCUT2D eigenvalue weighted by molar-refractivity contribution is 5.96. The van der Waals surface area contributed by atoms with Gasteiger partial charge in [0, 0.05) is 22.8 Å². The number of benzene rings is 1. The van der Waals surface area contributed by atoms with Crippen LogP contribution >= 0.6 is 0 Å². The molecule has 3 N–H and O–H groups in total. The maximum atomic E-state index is 10.3. The molecule has 0 atom stereocenters. The molecule has 1 amide bonds. The molecule has 4 heteroatoms. The second kappa shape index (κ2) is 3.49. The maximum absolute atomic E-state index is 10.3. The van der Waals surface area contributed by atoms with Crippen LogP contribution in [0.15, 0.2) is 31.0 Å². The van der Waals surface area contributed by atoms with Crippen LogP contribution in [0.2, 0.25) is 0 Å². The number of nitrogens with one attached hydrogen (secondary N) is 2. The monoisotopic (exact) mass is 202 g/mol. The normalized spacial score (nSPS) is 10.1. The van der Waals surface area contributed by atoms with Crippen molar-refractivity contribution in [1.82, 2.24) is 10.3 Å². The van der Waals surface area contributed by atoms with Crippen LogP contribution in [0, 0.1) is 0 Å². The lowest BCUT2D eigenvalue weighted by atomic mass is 10.1. The minimum atomic E-state index is 0.178. The van der Waals surface area contributed by atoms with Crippen LogP contribution in [0.1, 0.15) is 5.56 Å². The van der Waals surface area contributed by atoms with Crippen molar-refractivity contribution in [3.8, 4) is 5.75 Å². The average molecular weight is 202 g/mol. The van der Waals surface area contributed by atoms with Gasteiger partial charge in [-0.25, -0.2) is 0 Å². The molecular weight excluding hydrogens is 192 g/mol. The number of phenolic OH excluding ortho intramolecular Hbond substituents is 1. The molecule has 15 heavy (non-hydrogen) atoms. The van der Waals surface area contributed by atoms with Crippen LogP contribution in [-0.4, -0.2) is 16.5 Å². The van der Waals surface area contributed by atoms with Crippen molar-refractivity contribution in [2.75, 3.05) is 0 Å². The molecule has 2 aromatic rings. The largest absolute Gasteiger partial charge is 0.506 e. The van der Waals surface area contributed by atoms with Crippen LogP contribution < -0.4 is 5.32 Å². The molecule has 0 bridgehead atoms. The van der Waals surface area contributed by atoms with Crippen LogP contribution in [0.5, 0.6) is 5.75 Å². The quantitative estimate of drug-likeness (QED) is 0.662. The molecule has 0 saturated carbocycles. The third kappa shape index (κ3) is 1.46. The molecule has 1 heterocycles.